The summed E-state index contributed by atoms with van der Waals surface area (Å²) in [5, 5.41) is 0. The maximum Gasteiger partial charge on any atom is 0.324 e. The van der Waals surface area contributed by atoms with E-state index < -0.39 is 0 Å². The standard InChI is InChI=1S/C30H35N3O/c34-30-32-21-8-7-15-29(32)24-33(30)28-18-16-25(17-19-28)14-9-20-31(22-26-10-3-1-4-11-26)23-27-12-5-2-6-13-27/h1-6,10-13,16-19,29H,7-9,14-15,20-24H2/t29-/m0/s1. The number of benzene rings is 3. The summed E-state index contributed by atoms with van der Waals surface area (Å²) in [5.74, 6) is 0. The molecule has 2 amide bonds. The van der Waals surface area contributed by atoms with Crippen LogP contribution in [-0.4, -0.2) is 41.5 Å². The minimum absolute atomic E-state index is 0.190. The highest BCUT2D eigenvalue weighted by Gasteiger charge is 2.38. The van der Waals surface area contributed by atoms with Crippen LogP contribution in [0.3, 0.4) is 0 Å². The summed E-state index contributed by atoms with van der Waals surface area (Å²) in [6.45, 7) is 4.73. The lowest BCUT2D eigenvalue weighted by Gasteiger charge is -2.27. The summed E-state index contributed by atoms with van der Waals surface area (Å²) < 4.78 is 0. The van der Waals surface area contributed by atoms with Gasteiger partial charge in [0, 0.05) is 31.9 Å². The second-order valence-corrected chi connectivity index (χ2v) is 9.69. The number of amides is 2. The summed E-state index contributed by atoms with van der Waals surface area (Å²) in [6, 6.07) is 30.8. The molecule has 1 atom stereocenters. The molecule has 4 heteroatoms. The third-order valence-electron chi connectivity index (χ3n) is 7.18. The Labute approximate surface area is 203 Å². The fraction of sp³-hybridized carbons (Fsp3) is 0.367. The molecule has 0 unspecified atom stereocenters. The number of hydrogen-bond acceptors (Lipinski definition) is 2. The van der Waals surface area contributed by atoms with Crippen LogP contribution in [0.15, 0.2) is 84.9 Å². The number of anilines is 1. The van der Waals surface area contributed by atoms with Crippen LogP contribution in [0.4, 0.5) is 10.5 Å². The van der Waals surface area contributed by atoms with Gasteiger partial charge in [0.25, 0.3) is 0 Å². The third-order valence-corrected chi connectivity index (χ3v) is 7.18. The molecule has 3 aromatic rings. The summed E-state index contributed by atoms with van der Waals surface area (Å²) >= 11 is 0. The van der Waals surface area contributed by atoms with Crippen LogP contribution in [0, 0.1) is 0 Å². The van der Waals surface area contributed by atoms with E-state index in [-0.39, 0.29) is 6.03 Å². The number of rotatable bonds is 9. The van der Waals surface area contributed by atoms with E-state index in [1.807, 2.05) is 4.90 Å². The van der Waals surface area contributed by atoms with Gasteiger partial charge in [-0.2, -0.15) is 0 Å². The fourth-order valence-corrected chi connectivity index (χ4v) is 5.35. The van der Waals surface area contributed by atoms with Gasteiger partial charge in [-0.25, -0.2) is 4.79 Å². The molecule has 2 aliphatic rings. The summed E-state index contributed by atoms with van der Waals surface area (Å²) in [5.41, 5.74) is 5.09. The fourth-order valence-electron chi connectivity index (χ4n) is 5.35. The molecule has 0 aliphatic carbocycles. The van der Waals surface area contributed by atoms with Gasteiger partial charge < -0.3 is 4.90 Å². The largest absolute Gasteiger partial charge is 0.324 e. The molecule has 2 heterocycles. The molecule has 0 N–H and O–H groups in total. The lowest BCUT2D eigenvalue weighted by Crippen LogP contribution is -2.38. The molecule has 0 aromatic heterocycles. The van der Waals surface area contributed by atoms with Gasteiger partial charge in [-0.1, -0.05) is 72.8 Å². The Balaban J connectivity index is 1.17. The van der Waals surface area contributed by atoms with Crippen molar-refractivity contribution in [3.8, 4) is 0 Å². The SMILES string of the molecule is O=C1N(c2ccc(CCCN(Cc3ccccc3)Cc3ccccc3)cc2)C[C@@H]2CCCCN12. The van der Waals surface area contributed by atoms with E-state index >= 15 is 0 Å². The molecule has 4 nitrogen and oxygen atoms in total. The van der Waals surface area contributed by atoms with Crippen LogP contribution in [0.1, 0.15) is 42.4 Å². The Bertz CT molecular complexity index is 1010. The number of carbonyl (C=O) groups excluding carboxylic acids is 1. The van der Waals surface area contributed by atoms with Crippen molar-refractivity contribution in [3.63, 3.8) is 0 Å². The average Bonchev–Trinajstić information content (AvgIpc) is 3.22. The first kappa shape index (κ1) is 22.7. The predicted octanol–water partition coefficient (Wildman–Crippen LogP) is 6.12. The van der Waals surface area contributed by atoms with Gasteiger partial charge in [0.15, 0.2) is 0 Å². The summed E-state index contributed by atoms with van der Waals surface area (Å²) in [4.78, 5) is 19.4. The average molecular weight is 454 g/mol. The molecule has 176 valence electrons. The number of carbonyl (C=O) groups is 1. The molecule has 2 fully saturated rings. The van der Waals surface area contributed by atoms with E-state index in [0.29, 0.717) is 6.04 Å². The minimum Gasteiger partial charge on any atom is -0.320 e. The Morgan fingerprint density at radius 1 is 0.765 bits per heavy atom. The number of fused-ring (bicyclic) bond motifs is 1. The second kappa shape index (κ2) is 10.9. The lowest BCUT2D eigenvalue weighted by atomic mass is 10.0. The van der Waals surface area contributed by atoms with E-state index in [4.69, 9.17) is 0 Å². The van der Waals surface area contributed by atoms with Crippen LogP contribution in [0.5, 0.6) is 0 Å². The highest BCUT2D eigenvalue weighted by Crippen LogP contribution is 2.29. The van der Waals surface area contributed by atoms with Crippen LogP contribution in [-0.2, 0) is 19.5 Å². The van der Waals surface area contributed by atoms with Gasteiger partial charge in [-0.05, 0) is 67.5 Å². The first-order valence-electron chi connectivity index (χ1n) is 12.7. The number of aryl methyl sites for hydroxylation is 1. The number of nitrogens with zero attached hydrogens (tertiary/aromatic N) is 3. The maximum absolute atomic E-state index is 12.8. The minimum atomic E-state index is 0.190. The smallest absolute Gasteiger partial charge is 0.320 e. The van der Waals surface area contributed by atoms with E-state index in [1.165, 1.54) is 23.1 Å². The highest BCUT2D eigenvalue weighted by molar-refractivity contribution is 5.94. The molecular formula is C30H35N3O. The first-order valence-corrected chi connectivity index (χ1v) is 12.7. The normalized spacial score (nSPS) is 17.9. The quantitative estimate of drug-likeness (QED) is 0.390. The van der Waals surface area contributed by atoms with Crippen molar-refractivity contribution in [3.05, 3.63) is 102 Å². The van der Waals surface area contributed by atoms with Crippen molar-refractivity contribution in [1.29, 1.82) is 0 Å². The monoisotopic (exact) mass is 453 g/mol. The summed E-state index contributed by atoms with van der Waals surface area (Å²) in [6.07, 6.45) is 5.68. The summed E-state index contributed by atoms with van der Waals surface area (Å²) in [7, 11) is 0. The molecule has 2 aliphatic heterocycles. The van der Waals surface area contributed by atoms with Crippen LogP contribution in [0.25, 0.3) is 0 Å². The van der Waals surface area contributed by atoms with Crippen molar-refractivity contribution in [2.75, 3.05) is 24.5 Å². The van der Waals surface area contributed by atoms with E-state index in [9.17, 15) is 4.79 Å². The van der Waals surface area contributed by atoms with Gasteiger partial charge in [-0.15, -0.1) is 0 Å². The van der Waals surface area contributed by atoms with Gasteiger partial charge in [-0.3, -0.25) is 9.80 Å². The Hall–Kier alpha value is -3.11. The second-order valence-electron chi connectivity index (χ2n) is 9.69. The van der Waals surface area contributed by atoms with Crippen molar-refractivity contribution in [2.45, 2.75) is 51.2 Å². The van der Waals surface area contributed by atoms with Crippen LogP contribution >= 0.6 is 0 Å². The van der Waals surface area contributed by atoms with Crippen LogP contribution < -0.4 is 4.90 Å². The third kappa shape index (κ3) is 5.51. The molecule has 5 rings (SSSR count). The highest BCUT2D eigenvalue weighted by atomic mass is 16.2. The molecule has 0 radical (unpaired) electrons. The number of hydrogen-bond donors (Lipinski definition) is 0. The zero-order valence-corrected chi connectivity index (χ0v) is 20.0. The van der Waals surface area contributed by atoms with E-state index in [0.717, 1.165) is 64.1 Å². The zero-order chi connectivity index (χ0) is 23.2. The Morgan fingerprint density at radius 3 is 2.03 bits per heavy atom. The van der Waals surface area contributed by atoms with E-state index in [1.54, 1.807) is 0 Å². The predicted molar refractivity (Wildman–Crippen MR) is 139 cm³/mol. The van der Waals surface area contributed by atoms with Crippen molar-refractivity contribution in [2.24, 2.45) is 0 Å². The maximum atomic E-state index is 12.8. The topological polar surface area (TPSA) is 26.8 Å². The number of urea groups is 1. The first-order chi connectivity index (χ1) is 16.8. The molecule has 0 spiro atoms. The van der Waals surface area contributed by atoms with Gasteiger partial charge in [0.2, 0.25) is 0 Å². The van der Waals surface area contributed by atoms with Crippen molar-refractivity contribution >= 4 is 11.7 Å². The molecule has 0 saturated carbocycles. The molecule has 34 heavy (non-hydrogen) atoms. The number of piperidine rings is 1. The van der Waals surface area contributed by atoms with Gasteiger partial charge >= 0.3 is 6.03 Å². The van der Waals surface area contributed by atoms with Crippen molar-refractivity contribution in [1.82, 2.24) is 9.80 Å². The molecule has 2 saturated heterocycles. The van der Waals surface area contributed by atoms with Crippen molar-refractivity contribution < 1.29 is 4.79 Å². The molecular weight excluding hydrogens is 418 g/mol. The Morgan fingerprint density at radius 2 is 1.41 bits per heavy atom. The molecule has 3 aromatic carbocycles. The molecule has 0 bridgehead atoms. The lowest BCUT2D eigenvalue weighted by molar-refractivity contribution is 0.187. The Kier molecular flexibility index (Phi) is 7.25. The zero-order valence-electron chi connectivity index (χ0n) is 20.0. The van der Waals surface area contributed by atoms with Gasteiger partial charge in [0.1, 0.15) is 0 Å². The van der Waals surface area contributed by atoms with Crippen LogP contribution in [0.2, 0.25) is 0 Å². The van der Waals surface area contributed by atoms with Gasteiger partial charge in [0.05, 0.1) is 6.04 Å². The van der Waals surface area contributed by atoms with E-state index in [2.05, 4.69) is 94.7 Å².